The van der Waals surface area contributed by atoms with Crippen LogP contribution < -0.4 is 10.6 Å². The molecular formula is C14H19ClN2O. The molecule has 1 amide bonds. The van der Waals surface area contributed by atoms with E-state index in [1.54, 1.807) is 0 Å². The van der Waals surface area contributed by atoms with Gasteiger partial charge in [-0.3, -0.25) is 4.79 Å². The molecular weight excluding hydrogens is 248 g/mol. The Morgan fingerprint density at radius 3 is 3.11 bits per heavy atom. The molecule has 1 aliphatic heterocycles. The summed E-state index contributed by atoms with van der Waals surface area (Å²) >= 11 is 5.90. The third kappa shape index (κ3) is 3.72. The molecule has 1 saturated heterocycles. The number of amides is 1. The van der Waals surface area contributed by atoms with Crippen molar-refractivity contribution in [3.05, 3.63) is 34.9 Å². The zero-order chi connectivity index (χ0) is 13.0. The Balaban J connectivity index is 1.88. The molecule has 0 aromatic heterocycles. The van der Waals surface area contributed by atoms with Crippen molar-refractivity contribution in [3.63, 3.8) is 0 Å². The molecule has 1 heterocycles. The molecule has 4 heteroatoms. The minimum absolute atomic E-state index is 0.0674. The van der Waals surface area contributed by atoms with Gasteiger partial charge in [0.05, 0.1) is 6.42 Å². The monoisotopic (exact) mass is 266 g/mol. The Morgan fingerprint density at radius 2 is 2.39 bits per heavy atom. The second-order valence-electron chi connectivity index (χ2n) is 4.87. The number of hydrogen-bond donors (Lipinski definition) is 2. The van der Waals surface area contributed by atoms with Gasteiger partial charge in [-0.1, -0.05) is 23.7 Å². The van der Waals surface area contributed by atoms with Crippen LogP contribution in [0.1, 0.15) is 25.3 Å². The van der Waals surface area contributed by atoms with Gasteiger partial charge >= 0.3 is 0 Å². The first kappa shape index (κ1) is 13.4. The molecule has 2 rings (SSSR count). The maximum atomic E-state index is 12.0. The smallest absolute Gasteiger partial charge is 0.224 e. The number of nitrogens with one attached hydrogen (secondary N) is 2. The molecule has 0 saturated carbocycles. The number of carbonyl (C=O) groups is 1. The summed E-state index contributed by atoms with van der Waals surface area (Å²) < 4.78 is 0. The summed E-state index contributed by atoms with van der Waals surface area (Å²) in [5.41, 5.74) is 0.955. The predicted octanol–water partition coefficient (Wildman–Crippen LogP) is 2.14. The highest BCUT2D eigenvalue weighted by Gasteiger charge is 2.22. The van der Waals surface area contributed by atoms with Crippen LogP contribution in [0.25, 0.3) is 0 Å². The van der Waals surface area contributed by atoms with Gasteiger partial charge in [0.25, 0.3) is 0 Å². The molecule has 3 nitrogen and oxygen atoms in total. The highest BCUT2D eigenvalue weighted by atomic mass is 35.5. The normalized spacial score (nSPS) is 23.7. The summed E-state index contributed by atoms with van der Waals surface area (Å²) in [6, 6.07) is 8.04. The quantitative estimate of drug-likeness (QED) is 0.880. The van der Waals surface area contributed by atoms with Gasteiger partial charge in [-0.05, 0) is 44.0 Å². The molecule has 0 aliphatic carbocycles. The van der Waals surface area contributed by atoms with Crippen molar-refractivity contribution in [2.75, 3.05) is 6.54 Å². The number of piperidine rings is 1. The van der Waals surface area contributed by atoms with Crippen molar-refractivity contribution < 1.29 is 4.79 Å². The first-order valence-corrected chi connectivity index (χ1v) is 6.80. The molecule has 98 valence electrons. The van der Waals surface area contributed by atoms with E-state index in [-0.39, 0.29) is 11.9 Å². The van der Waals surface area contributed by atoms with Crippen LogP contribution >= 0.6 is 11.6 Å². The first-order chi connectivity index (χ1) is 8.65. The van der Waals surface area contributed by atoms with Crippen LogP contribution in [0.5, 0.6) is 0 Å². The zero-order valence-electron chi connectivity index (χ0n) is 10.6. The minimum Gasteiger partial charge on any atom is -0.352 e. The minimum atomic E-state index is 0.0674. The molecule has 2 N–H and O–H groups in total. The van der Waals surface area contributed by atoms with E-state index >= 15 is 0 Å². The fourth-order valence-corrected chi connectivity index (χ4v) is 2.54. The van der Waals surface area contributed by atoms with Crippen LogP contribution in [-0.4, -0.2) is 24.5 Å². The summed E-state index contributed by atoms with van der Waals surface area (Å²) in [6.45, 7) is 3.16. The van der Waals surface area contributed by atoms with E-state index in [9.17, 15) is 4.79 Å². The third-order valence-electron chi connectivity index (χ3n) is 3.36. The van der Waals surface area contributed by atoms with Gasteiger partial charge in [0.1, 0.15) is 0 Å². The van der Waals surface area contributed by atoms with Gasteiger partial charge in [0.2, 0.25) is 5.91 Å². The topological polar surface area (TPSA) is 41.1 Å². The summed E-state index contributed by atoms with van der Waals surface area (Å²) in [5, 5.41) is 7.14. The summed E-state index contributed by atoms with van der Waals surface area (Å²) in [5.74, 6) is 0.0674. The molecule has 0 radical (unpaired) electrons. The standard InChI is InChI=1S/C14H19ClN2O/c1-10-13(6-3-7-16-10)17-14(18)9-11-4-2-5-12(15)8-11/h2,4-5,8,10,13,16H,3,6-7,9H2,1H3,(H,17,18). The molecule has 1 aromatic carbocycles. The van der Waals surface area contributed by atoms with Crippen LogP contribution in [0.2, 0.25) is 5.02 Å². The number of rotatable bonds is 3. The van der Waals surface area contributed by atoms with E-state index in [4.69, 9.17) is 11.6 Å². The number of carbonyl (C=O) groups excluding carboxylic acids is 1. The maximum Gasteiger partial charge on any atom is 0.224 e. The van der Waals surface area contributed by atoms with Crippen molar-refractivity contribution in [1.29, 1.82) is 0 Å². The summed E-state index contributed by atoms with van der Waals surface area (Å²) in [4.78, 5) is 12.0. The lowest BCUT2D eigenvalue weighted by molar-refractivity contribution is -0.121. The largest absolute Gasteiger partial charge is 0.352 e. The molecule has 2 atom stereocenters. The molecule has 1 aromatic rings. The second-order valence-corrected chi connectivity index (χ2v) is 5.30. The average Bonchev–Trinajstić information content (AvgIpc) is 2.32. The summed E-state index contributed by atoms with van der Waals surface area (Å²) in [6.07, 6.45) is 2.56. The van der Waals surface area contributed by atoms with Crippen LogP contribution in [0.3, 0.4) is 0 Å². The predicted molar refractivity (Wildman–Crippen MR) is 73.8 cm³/mol. The third-order valence-corrected chi connectivity index (χ3v) is 3.60. The molecule has 1 aliphatic rings. The fraction of sp³-hybridized carbons (Fsp3) is 0.500. The maximum absolute atomic E-state index is 12.0. The van der Waals surface area contributed by atoms with Crippen LogP contribution in [0, 0.1) is 0 Å². The Bertz CT molecular complexity index is 422. The highest BCUT2D eigenvalue weighted by Crippen LogP contribution is 2.12. The number of halogens is 1. The van der Waals surface area contributed by atoms with Gasteiger partial charge in [0.15, 0.2) is 0 Å². The Labute approximate surface area is 113 Å². The Hall–Kier alpha value is -1.06. The van der Waals surface area contributed by atoms with Gasteiger partial charge in [-0.25, -0.2) is 0 Å². The van der Waals surface area contributed by atoms with Crippen LogP contribution in [0.4, 0.5) is 0 Å². The number of benzene rings is 1. The van der Waals surface area contributed by atoms with Crippen molar-refractivity contribution in [2.24, 2.45) is 0 Å². The van der Waals surface area contributed by atoms with Crippen LogP contribution in [0.15, 0.2) is 24.3 Å². The van der Waals surface area contributed by atoms with Gasteiger partial charge < -0.3 is 10.6 Å². The lowest BCUT2D eigenvalue weighted by Crippen LogP contribution is -2.52. The van der Waals surface area contributed by atoms with E-state index in [1.165, 1.54) is 0 Å². The fourth-order valence-electron chi connectivity index (χ4n) is 2.33. The SMILES string of the molecule is CC1NCCCC1NC(=O)Cc1cccc(Cl)c1. The van der Waals surface area contributed by atoms with Crippen molar-refractivity contribution in [3.8, 4) is 0 Å². The van der Waals surface area contributed by atoms with E-state index < -0.39 is 0 Å². The Morgan fingerprint density at radius 1 is 1.56 bits per heavy atom. The van der Waals surface area contributed by atoms with Gasteiger partial charge in [0, 0.05) is 17.1 Å². The second kappa shape index (κ2) is 6.21. The lowest BCUT2D eigenvalue weighted by Gasteiger charge is -2.30. The van der Waals surface area contributed by atoms with Crippen molar-refractivity contribution in [2.45, 2.75) is 38.3 Å². The van der Waals surface area contributed by atoms with Gasteiger partial charge in [-0.15, -0.1) is 0 Å². The van der Waals surface area contributed by atoms with Crippen molar-refractivity contribution in [1.82, 2.24) is 10.6 Å². The van der Waals surface area contributed by atoms with Gasteiger partial charge in [-0.2, -0.15) is 0 Å². The molecule has 1 fully saturated rings. The molecule has 2 unspecified atom stereocenters. The van der Waals surface area contributed by atoms with E-state index in [0.717, 1.165) is 24.9 Å². The Kier molecular flexibility index (Phi) is 4.61. The number of hydrogen-bond acceptors (Lipinski definition) is 2. The summed E-state index contributed by atoms with van der Waals surface area (Å²) in [7, 11) is 0. The molecule has 0 spiro atoms. The average molecular weight is 267 g/mol. The molecule has 0 bridgehead atoms. The lowest BCUT2D eigenvalue weighted by atomic mass is 9.99. The van der Waals surface area contributed by atoms with Crippen molar-refractivity contribution >= 4 is 17.5 Å². The molecule has 18 heavy (non-hydrogen) atoms. The van der Waals surface area contributed by atoms with E-state index in [2.05, 4.69) is 17.6 Å². The van der Waals surface area contributed by atoms with E-state index in [0.29, 0.717) is 17.5 Å². The highest BCUT2D eigenvalue weighted by molar-refractivity contribution is 6.30. The van der Waals surface area contributed by atoms with E-state index in [1.807, 2.05) is 24.3 Å². The van der Waals surface area contributed by atoms with Crippen LogP contribution in [-0.2, 0) is 11.2 Å². The first-order valence-electron chi connectivity index (χ1n) is 6.42. The zero-order valence-corrected chi connectivity index (χ0v) is 11.3.